The molecule has 0 bridgehead atoms. The van der Waals surface area contributed by atoms with Crippen LogP contribution in [-0.4, -0.2) is 61.7 Å². The number of aryl methyl sites for hydroxylation is 3. The SMILES string of the molecule is CCN1CCN(C(=O)NCCOc2cc(C)c(C)cc2C)CC1. The molecule has 5 nitrogen and oxygen atoms in total. The van der Waals surface area contributed by atoms with E-state index in [-0.39, 0.29) is 6.03 Å². The van der Waals surface area contributed by atoms with E-state index in [1.54, 1.807) is 0 Å². The van der Waals surface area contributed by atoms with Gasteiger partial charge in [0.2, 0.25) is 0 Å². The van der Waals surface area contributed by atoms with Crippen molar-refractivity contribution in [2.45, 2.75) is 27.7 Å². The molecule has 1 aliphatic heterocycles. The van der Waals surface area contributed by atoms with E-state index < -0.39 is 0 Å². The van der Waals surface area contributed by atoms with Crippen LogP contribution in [0.1, 0.15) is 23.6 Å². The van der Waals surface area contributed by atoms with Gasteiger partial charge in [0.1, 0.15) is 12.4 Å². The predicted molar refractivity (Wildman–Crippen MR) is 93.2 cm³/mol. The average molecular weight is 319 g/mol. The largest absolute Gasteiger partial charge is 0.491 e. The summed E-state index contributed by atoms with van der Waals surface area (Å²) >= 11 is 0. The standard InChI is InChI=1S/C18H29N3O2/c1-5-20-7-9-21(10-8-20)18(22)19-6-11-23-17-13-15(3)14(2)12-16(17)4/h12-13H,5-11H2,1-4H3,(H,19,22). The number of carbonyl (C=O) groups excluding carboxylic acids is 1. The molecular formula is C18H29N3O2. The van der Waals surface area contributed by atoms with Gasteiger partial charge < -0.3 is 19.9 Å². The number of nitrogens with one attached hydrogen (secondary N) is 1. The Morgan fingerprint density at radius 2 is 1.74 bits per heavy atom. The summed E-state index contributed by atoms with van der Waals surface area (Å²) in [5.41, 5.74) is 3.63. The summed E-state index contributed by atoms with van der Waals surface area (Å²) in [7, 11) is 0. The molecule has 0 spiro atoms. The first-order valence-electron chi connectivity index (χ1n) is 8.47. The quantitative estimate of drug-likeness (QED) is 0.847. The van der Waals surface area contributed by atoms with Gasteiger partial charge in [-0.25, -0.2) is 4.79 Å². The number of ether oxygens (including phenoxy) is 1. The Morgan fingerprint density at radius 3 is 2.39 bits per heavy atom. The van der Waals surface area contributed by atoms with Crippen LogP contribution in [0.4, 0.5) is 4.79 Å². The summed E-state index contributed by atoms with van der Waals surface area (Å²) < 4.78 is 5.80. The van der Waals surface area contributed by atoms with Crippen molar-refractivity contribution in [3.8, 4) is 5.75 Å². The lowest BCUT2D eigenvalue weighted by molar-refractivity contribution is 0.142. The molecule has 1 saturated heterocycles. The van der Waals surface area contributed by atoms with Gasteiger partial charge in [-0.1, -0.05) is 13.0 Å². The molecule has 0 aromatic heterocycles. The van der Waals surface area contributed by atoms with Crippen LogP contribution < -0.4 is 10.1 Å². The molecule has 2 rings (SSSR count). The van der Waals surface area contributed by atoms with Crippen molar-refractivity contribution in [2.24, 2.45) is 0 Å². The second-order valence-electron chi connectivity index (χ2n) is 6.20. The Hall–Kier alpha value is -1.75. The molecule has 5 heteroatoms. The van der Waals surface area contributed by atoms with Gasteiger partial charge >= 0.3 is 6.03 Å². The lowest BCUT2D eigenvalue weighted by atomic mass is 10.1. The smallest absolute Gasteiger partial charge is 0.317 e. The molecule has 128 valence electrons. The van der Waals surface area contributed by atoms with Gasteiger partial charge in [-0.05, 0) is 50.1 Å². The molecule has 0 atom stereocenters. The maximum Gasteiger partial charge on any atom is 0.317 e. The molecule has 0 unspecified atom stereocenters. The summed E-state index contributed by atoms with van der Waals surface area (Å²) in [4.78, 5) is 16.3. The van der Waals surface area contributed by atoms with Gasteiger partial charge in [0.05, 0.1) is 6.54 Å². The molecule has 23 heavy (non-hydrogen) atoms. The maximum absolute atomic E-state index is 12.1. The van der Waals surface area contributed by atoms with E-state index in [2.05, 4.69) is 43.1 Å². The number of rotatable bonds is 5. The third-order valence-corrected chi connectivity index (χ3v) is 4.53. The number of amides is 2. The van der Waals surface area contributed by atoms with Crippen LogP contribution in [0.3, 0.4) is 0 Å². The van der Waals surface area contributed by atoms with E-state index in [0.29, 0.717) is 13.2 Å². The predicted octanol–water partition coefficient (Wildman–Crippen LogP) is 2.34. The molecule has 1 fully saturated rings. The number of urea groups is 1. The zero-order valence-corrected chi connectivity index (χ0v) is 14.8. The second kappa shape index (κ2) is 8.20. The topological polar surface area (TPSA) is 44.8 Å². The molecule has 0 saturated carbocycles. The number of benzene rings is 1. The van der Waals surface area contributed by atoms with Crippen LogP contribution in [0, 0.1) is 20.8 Å². The van der Waals surface area contributed by atoms with Crippen molar-refractivity contribution >= 4 is 6.03 Å². The zero-order chi connectivity index (χ0) is 16.8. The average Bonchev–Trinajstić information content (AvgIpc) is 2.55. The minimum Gasteiger partial charge on any atom is -0.491 e. The monoisotopic (exact) mass is 319 g/mol. The lowest BCUT2D eigenvalue weighted by Gasteiger charge is -2.33. The summed E-state index contributed by atoms with van der Waals surface area (Å²) in [6, 6.07) is 4.22. The molecule has 1 heterocycles. The highest BCUT2D eigenvalue weighted by Gasteiger charge is 2.19. The molecule has 1 aromatic carbocycles. The van der Waals surface area contributed by atoms with E-state index in [1.807, 2.05) is 11.8 Å². The zero-order valence-electron chi connectivity index (χ0n) is 14.8. The van der Waals surface area contributed by atoms with Crippen LogP contribution in [0.25, 0.3) is 0 Å². The van der Waals surface area contributed by atoms with E-state index in [4.69, 9.17) is 4.74 Å². The third kappa shape index (κ3) is 4.86. The summed E-state index contributed by atoms with van der Waals surface area (Å²) in [6.07, 6.45) is 0. The highest BCUT2D eigenvalue weighted by atomic mass is 16.5. The molecule has 0 aliphatic carbocycles. The highest BCUT2D eigenvalue weighted by molar-refractivity contribution is 5.74. The van der Waals surface area contributed by atoms with Gasteiger partial charge in [0.25, 0.3) is 0 Å². The first-order chi connectivity index (χ1) is 11.0. The van der Waals surface area contributed by atoms with Crippen molar-refractivity contribution in [1.82, 2.24) is 15.1 Å². The Balaban J connectivity index is 1.71. The second-order valence-corrected chi connectivity index (χ2v) is 6.20. The molecule has 1 N–H and O–H groups in total. The fourth-order valence-corrected chi connectivity index (χ4v) is 2.79. The number of carbonyl (C=O) groups is 1. The number of hydrogen-bond donors (Lipinski definition) is 1. The van der Waals surface area contributed by atoms with Crippen molar-refractivity contribution < 1.29 is 9.53 Å². The fourth-order valence-electron chi connectivity index (χ4n) is 2.79. The molecule has 1 aromatic rings. The molecule has 1 aliphatic rings. The van der Waals surface area contributed by atoms with Crippen molar-refractivity contribution in [3.63, 3.8) is 0 Å². The molecule has 0 radical (unpaired) electrons. The van der Waals surface area contributed by atoms with E-state index >= 15 is 0 Å². The molecular weight excluding hydrogens is 290 g/mol. The van der Waals surface area contributed by atoms with Crippen molar-refractivity contribution in [3.05, 3.63) is 28.8 Å². The van der Waals surface area contributed by atoms with Gasteiger partial charge in [-0.2, -0.15) is 0 Å². The van der Waals surface area contributed by atoms with Crippen LogP contribution in [0.2, 0.25) is 0 Å². The highest BCUT2D eigenvalue weighted by Crippen LogP contribution is 2.22. The fraction of sp³-hybridized carbons (Fsp3) is 0.611. The number of hydrogen-bond acceptors (Lipinski definition) is 3. The molecule has 2 amide bonds. The third-order valence-electron chi connectivity index (χ3n) is 4.53. The first-order valence-corrected chi connectivity index (χ1v) is 8.47. The van der Waals surface area contributed by atoms with Gasteiger partial charge in [0, 0.05) is 26.2 Å². The van der Waals surface area contributed by atoms with Crippen molar-refractivity contribution in [1.29, 1.82) is 0 Å². The van der Waals surface area contributed by atoms with Gasteiger partial charge in [-0.3, -0.25) is 0 Å². The van der Waals surface area contributed by atoms with Crippen molar-refractivity contribution in [2.75, 3.05) is 45.9 Å². The van der Waals surface area contributed by atoms with Gasteiger partial charge in [-0.15, -0.1) is 0 Å². The van der Waals surface area contributed by atoms with Crippen LogP contribution in [0.15, 0.2) is 12.1 Å². The summed E-state index contributed by atoms with van der Waals surface area (Å²) in [5.74, 6) is 0.902. The number of piperazine rings is 1. The first kappa shape index (κ1) is 17.6. The van der Waals surface area contributed by atoms with E-state index in [1.165, 1.54) is 11.1 Å². The Bertz CT molecular complexity index is 537. The Morgan fingerprint density at radius 1 is 1.09 bits per heavy atom. The Labute approximate surface area is 139 Å². The maximum atomic E-state index is 12.1. The lowest BCUT2D eigenvalue weighted by Crippen LogP contribution is -2.52. The van der Waals surface area contributed by atoms with Crippen LogP contribution in [-0.2, 0) is 0 Å². The normalized spacial score (nSPS) is 15.6. The van der Waals surface area contributed by atoms with Crippen LogP contribution >= 0.6 is 0 Å². The minimum absolute atomic E-state index is 0.0150. The van der Waals surface area contributed by atoms with Gasteiger partial charge in [0.15, 0.2) is 0 Å². The number of likely N-dealkylation sites (N-methyl/N-ethyl adjacent to an activating group) is 1. The minimum atomic E-state index is 0.0150. The number of nitrogens with zero attached hydrogens (tertiary/aromatic N) is 2. The van der Waals surface area contributed by atoms with E-state index in [9.17, 15) is 4.79 Å². The summed E-state index contributed by atoms with van der Waals surface area (Å²) in [5, 5.41) is 2.94. The summed E-state index contributed by atoms with van der Waals surface area (Å²) in [6.45, 7) is 14.0. The Kier molecular flexibility index (Phi) is 6.28. The van der Waals surface area contributed by atoms with E-state index in [0.717, 1.165) is 44.0 Å². The van der Waals surface area contributed by atoms with Crippen LogP contribution in [0.5, 0.6) is 5.75 Å².